The standard InChI is InChI=1S/C16H26N2O/c1-11(2)8-9-12(3)14-13(18-10-19-14)15(17-7)16(4,5)6/h10-11H,7-9H2,1-6H3. The summed E-state index contributed by atoms with van der Waals surface area (Å²) in [6, 6.07) is 0. The molecule has 0 aliphatic rings. The molecule has 0 saturated carbocycles. The zero-order valence-electron chi connectivity index (χ0n) is 13.1. The minimum absolute atomic E-state index is 0.0916. The molecule has 0 amide bonds. The molecule has 0 N–H and O–H groups in total. The van der Waals surface area contributed by atoms with Gasteiger partial charge in [-0.05, 0) is 38.0 Å². The van der Waals surface area contributed by atoms with E-state index >= 15 is 0 Å². The van der Waals surface area contributed by atoms with Crippen molar-refractivity contribution in [3.05, 3.63) is 17.2 Å². The van der Waals surface area contributed by atoms with Gasteiger partial charge in [0.05, 0.1) is 5.70 Å². The predicted octanol–water partition coefficient (Wildman–Crippen LogP) is 3.14. The molecule has 1 aromatic heterocycles. The number of hydrogen-bond donors (Lipinski definition) is 0. The second kappa shape index (κ2) is 6.18. The van der Waals surface area contributed by atoms with E-state index in [0.717, 1.165) is 29.3 Å². The van der Waals surface area contributed by atoms with Gasteiger partial charge in [0.2, 0.25) is 0 Å². The van der Waals surface area contributed by atoms with Crippen molar-refractivity contribution in [1.82, 2.24) is 4.98 Å². The van der Waals surface area contributed by atoms with Crippen molar-refractivity contribution in [3.63, 3.8) is 0 Å². The van der Waals surface area contributed by atoms with Crippen LogP contribution in [-0.2, 0) is 0 Å². The van der Waals surface area contributed by atoms with E-state index < -0.39 is 0 Å². The molecule has 0 bridgehead atoms. The van der Waals surface area contributed by atoms with Gasteiger partial charge in [-0.15, -0.1) is 0 Å². The number of aliphatic imine (C=N–C) groups is 1. The largest absolute Gasteiger partial charge is 0.443 e. The summed E-state index contributed by atoms with van der Waals surface area (Å²) in [4.78, 5) is 8.51. The molecule has 1 aromatic rings. The summed E-state index contributed by atoms with van der Waals surface area (Å²) in [7, 11) is 0. The monoisotopic (exact) mass is 262 g/mol. The van der Waals surface area contributed by atoms with E-state index in [0.29, 0.717) is 5.92 Å². The van der Waals surface area contributed by atoms with Gasteiger partial charge in [-0.25, -0.2) is 4.98 Å². The second-order valence-electron chi connectivity index (χ2n) is 6.50. The molecular weight excluding hydrogens is 236 g/mol. The molecule has 0 fully saturated rings. The Morgan fingerprint density at radius 1 is 1.42 bits per heavy atom. The Labute approximate surface area is 116 Å². The van der Waals surface area contributed by atoms with Gasteiger partial charge in [0.15, 0.2) is 11.8 Å². The highest BCUT2D eigenvalue weighted by Crippen LogP contribution is 2.25. The summed E-state index contributed by atoms with van der Waals surface area (Å²) in [6.07, 6.45) is 3.67. The van der Waals surface area contributed by atoms with Gasteiger partial charge in [-0.1, -0.05) is 34.6 Å². The van der Waals surface area contributed by atoms with Gasteiger partial charge in [-0.2, -0.15) is 0 Å². The van der Waals surface area contributed by atoms with Crippen molar-refractivity contribution >= 4 is 18.0 Å². The van der Waals surface area contributed by atoms with Crippen LogP contribution in [0.25, 0.3) is 11.3 Å². The molecule has 0 radical (unpaired) electrons. The molecule has 3 heteroatoms. The number of nitrogens with zero attached hydrogens (tertiary/aromatic N) is 2. The van der Waals surface area contributed by atoms with Crippen LogP contribution >= 0.6 is 0 Å². The quantitative estimate of drug-likeness (QED) is 0.782. The van der Waals surface area contributed by atoms with Crippen LogP contribution in [-0.4, -0.2) is 11.7 Å². The summed E-state index contributed by atoms with van der Waals surface area (Å²) < 4.78 is 5.58. The predicted molar refractivity (Wildman–Crippen MR) is 81.3 cm³/mol. The lowest BCUT2D eigenvalue weighted by atomic mass is 9.91. The van der Waals surface area contributed by atoms with Gasteiger partial charge in [-0.3, -0.25) is 4.99 Å². The van der Waals surface area contributed by atoms with Crippen molar-refractivity contribution in [2.24, 2.45) is 16.3 Å². The highest BCUT2D eigenvalue weighted by molar-refractivity contribution is 5.55. The molecule has 0 unspecified atom stereocenters. The molecule has 1 rings (SSSR count). The SMILES string of the molecule is C=NC(=c1ncoc1=C(C)CCC(C)C)C(C)(C)C. The lowest BCUT2D eigenvalue weighted by Crippen LogP contribution is -2.31. The van der Waals surface area contributed by atoms with Crippen LogP contribution in [0.4, 0.5) is 0 Å². The van der Waals surface area contributed by atoms with Crippen molar-refractivity contribution < 1.29 is 4.42 Å². The van der Waals surface area contributed by atoms with E-state index in [1.54, 1.807) is 0 Å². The van der Waals surface area contributed by atoms with Gasteiger partial charge < -0.3 is 4.42 Å². The molecule has 0 spiro atoms. The number of oxazole rings is 1. The fourth-order valence-electron chi connectivity index (χ4n) is 2.00. The third-order valence-electron chi connectivity index (χ3n) is 3.14. The average molecular weight is 262 g/mol. The fourth-order valence-corrected chi connectivity index (χ4v) is 2.00. The maximum atomic E-state index is 5.58. The maximum Gasteiger partial charge on any atom is 0.182 e. The second-order valence-corrected chi connectivity index (χ2v) is 6.50. The Kier molecular flexibility index (Phi) is 5.10. The van der Waals surface area contributed by atoms with Crippen LogP contribution in [0, 0.1) is 11.3 Å². The minimum atomic E-state index is -0.0916. The topological polar surface area (TPSA) is 38.4 Å². The Morgan fingerprint density at radius 2 is 2.05 bits per heavy atom. The molecule has 0 saturated heterocycles. The van der Waals surface area contributed by atoms with E-state index in [1.807, 2.05) is 0 Å². The molecular formula is C16H26N2O. The highest BCUT2D eigenvalue weighted by Gasteiger charge is 2.19. The van der Waals surface area contributed by atoms with Crippen molar-refractivity contribution in [2.75, 3.05) is 0 Å². The van der Waals surface area contributed by atoms with E-state index in [2.05, 4.69) is 58.2 Å². The smallest absolute Gasteiger partial charge is 0.182 e. The highest BCUT2D eigenvalue weighted by atomic mass is 16.3. The third kappa shape index (κ3) is 4.05. The third-order valence-corrected chi connectivity index (χ3v) is 3.14. The van der Waals surface area contributed by atoms with Gasteiger partial charge >= 0.3 is 0 Å². The Bertz CT molecular complexity index is 544. The normalized spacial score (nSPS) is 15.5. The van der Waals surface area contributed by atoms with Crippen molar-refractivity contribution in [3.8, 4) is 0 Å². The van der Waals surface area contributed by atoms with Crippen LogP contribution in [0.1, 0.15) is 54.4 Å². The van der Waals surface area contributed by atoms with Gasteiger partial charge in [0, 0.05) is 5.41 Å². The molecule has 0 atom stereocenters. The lowest BCUT2D eigenvalue weighted by molar-refractivity contribution is 0.512. The van der Waals surface area contributed by atoms with Gasteiger partial charge in [0.1, 0.15) is 5.35 Å². The van der Waals surface area contributed by atoms with E-state index in [-0.39, 0.29) is 5.41 Å². The minimum Gasteiger partial charge on any atom is -0.443 e. The number of hydrogen-bond acceptors (Lipinski definition) is 3. The van der Waals surface area contributed by atoms with Crippen LogP contribution in [0.2, 0.25) is 0 Å². The maximum absolute atomic E-state index is 5.58. The Balaban J connectivity index is 3.42. The molecule has 1 heterocycles. The lowest BCUT2D eigenvalue weighted by Gasteiger charge is -2.17. The van der Waals surface area contributed by atoms with E-state index in [9.17, 15) is 0 Å². The number of aromatic nitrogens is 1. The number of rotatable bonds is 4. The van der Waals surface area contributed by atoms with Crippen molar-refractivity contribution in [2.45, 2.75) is 54.4 Å². The zero-order valence-corrected chi connectivity index (χ0v) is 13.1. The summed E-state index contributed by atoms with van der Waals surface area (Å²) in [6.45, 7) is 16.6. The Hall–Kier alpha value is -1.38. The summed E-state index contributed by atoms with van der Waals surface area (Å²) in [5.41, 5.74) is 2.89. The summed E-state index contributed by atoms with van der Waals surface area (Å²) in [5, 5.41) is 0.837. The first-order chi connectivity index (χ1) is 8.77. The van der Waals surface area contributed by atoms with Crippen LogP contribution in [0.3, 0.4) is 0 Å². The molecule has 0 aliphatic heterocycles. The molecule has 0 aromatic carbocycles. The first-order valence-electron chi connectivity index (χ1n) is 6.88. The molecule has 0 aliphatic carbocycles. The molecule has 106 valence electrons. The fraction of sp³-hybridized carbons (Fsp3) is 0.625. The van der Waals surface area contributed by atoms with Crippen LogP contribution in [0.15, 0.2) is 15.8 Å². The molecule has 19 heavy (non-hydrogen) atoms. The van der Waals surface area contributed by atoms with Crippen molar-refractivity contribution in [1.29, 1.82) is 0 Å². The molecule has 3 nitrogen and oxygen atoms in total. The summed E-state index contributed by atoms with van der Waals surface area (Å²) >= 11 is 0. The first kappa shape index (κ1) is 15.7. The van der Waals surface area contributed by atoms with E-state index in [4.69, 9.17) is 4.42 Å². The average Bonchev–Trinajstić information content (AvgIpc) is 2.73. The first-order valence-corrected chi connectivity index (χ1v) is 6.88. The van der Waals surface area contributed by atoms with Crippen LogP contribution in [0.5, 0.6) is 0 Å². The van der Waals surface area contributed by atoms with Crippen LogP contribution < -0.4 is 10.8 Å². The summed E-state index contributed by atoms with van der Waals surface area (Å²) in [5.74, 6) is 0.685. The Morgan fingerprint density at radius 3 is 2.53 bits per heavy atom. The van der Waals surface area contributed by atoms with E-state index in [1.165, 1.54) is 12.0 Å². The zero-order chi connectivity index (χ0) is 14.6. The van der Waals surface area contributed by atoms with Gasteiger partial charge in [0.25, 0.3) is 0 Å².